The smallest absolute Gasteiger partial charge is 0.129 e. The predicted octanol–water partition coefficient (Wildman–Crippen LogP) is 2.84. The zero-order chi connectivity index (χ0) is 10.8. The van der Waals surface area contributed by atoms with Gasteiger partial charge in [-0.05, 0) is 31.4 Å². The average Bonchev–Trinajstić information content (AvgIpc) is 2.59. The minimum Gasteiger partial charge on any atom is -0.352 e. The second-order valence-electron chi connectivity index (χ2n) is 4.32. The maximum atomic E-state index is 6.02. The Hall–Kier alpha value is -0.760. The summed E-state index contributed by atoms with van der Waals surface area (Å²) in [7, 11) is 0. The van der Waals surface area contributed by atoms with Crippen molar-refractivity contribution in [2.45, 2.75) is 26.3 Å². The molecule has 0 radical (unpaired) electrons. The highest BCUT2D eigenvalue weighted by atomic mass is 35.5. The Bertz CT molecular complexity index is 340. The molecule has 0 aromatic carbocycles. The first-order valence-corrected chi connectivity index (χ1v) is 6.02. The number of hydrogen-bond acceptors (Lipinski definition) is 2. The van der Waals surface area contributed by atoms with Crippen LogP contribution in [0.5, 0.6) is 0 Å². The van der Waals surface area contributed by atoms with Crippen LogP contribution in [-0.2, 0) is 0 Å². The highest BCUT2D eigenvalue weighted by Crippen LogP contribution is 2.29. The summed E-state index contributed by atoms with van der Waals surface area (Å²) in [6, 6.07) is 6.61. The number of rotatable bonds is 2. The summed E-state index contributed by atoms with van der Waals surface area (Å²) in [6.45, 7) is 5.37. The summed E-state index contributed by atoms with van der Waals surface area (Å²) in [6.07, 6.45) is 1.22. The van der Waals surface area contributed by atoms with Crippen molar-refractivity contribution in [1.82, 2.24) is 4.98 Å². The Morgan fingerprint density at radius 3 is 3.00 bits per heavy atom. The molecule has 2 rings (SSSR count). The highest BCUT2D eigenvalue weighted by Gasteiger charge is 2.31. The van der Waals surface area contributed by atoms with Crippen molar-refractivity contribution in [3.63, 3.8) is 0 Å². The Balaban J connectivity index is 2.23. The minimum atomic E-state index is 0.445. The van der Waals surface area contributed by atoms with E-state index in [9.17, 15) is 0 Å². The maximum Gasteiger partial charge on any atom is 0.129 e. The molecule has 1 fully saturated rings. The number of anilines is 1. The van der Waals surface area contributed by atoms with E-state index < -0.39 is 0 Å². The molecule has 2 atom stereocenters. The lowest BCUT2D eigenvalue weighted by atomic mass is 10.1. The summed E-state index contributed by atoms with van der Waals surface area (Å²) >= 11 is 6.02. The fourth-order valence-corrected chi connectivity index (χ4v) is 2.69. The van der Waals surface area contributed by atoms with Crippen LogP contribution in [0.15, 0.2) is 18.2 Å². The number of hydrogen-bond donors (Lipinski definition) is 0. The Morgan fingerprint density at radius 1 is 1.53 bits per heavy atom. The second kappa shape index (κ2) is 4.40. The first kappa shape index (κ1) is 10.7. The van der Waals surface area contributed by atoms with E-state index in [1.165, 1.54) is 6.42 Å². The summed E-state index contributed by atoms with van der Waals surface area (Å²) in [5, 5.41) is 0. The van der Waals surface area contributed by atoms with Crippen LogP contribution in [0.4, 0.5) is 5.82 Å². The van der Waals surface area contributed by atoms with Gasteiger partial charge in [0.2, 0.25) is 0 Å². The lowest BCUT2D eigenvalue weighted by molar-refractivity contribution is 0.548. The van der Waals surface area contributed by atoms with E-state index in [1.54, 1.807) is 0 Å². The van der Waals surface area contributed by atoms with Crippen LogP contribution < -0.4 is 4.90 Å². The molecule has 0 bridgehead atoms. The van der Waals surface area contributed by atoms with Crippen LogP contribution in [0.2, 0.25) is 0 Å². The maximum absolute atomic E-state index is 6.02. The van der Waals surface area contributed by atoms with Gasteiger partial charge in [0, 0.05) is 24.2 Å². The molecule has 1 aliphatic rings. The van der Waals surface area contributed by atoms with Gasteiger partial charge in [-0.25, -0.2) is 4.98 Å². The summed E-state index contributed by atoms with van der Waals surface area (Å²) in [4.78, 5) is 6.89. The first-order chi connectivity index (χ1) is 7.22. The summed E-state index contributed by atoms with van der Waals surface area (Å²) in [5.74, 6) is 2.44. The molecule has 15 heavy (non-hydrogen) atoms. The molecular weight excluding hydrogens is 208 g/mol. The SMILES string of the molecule is Cc1cccc(N2CCC(C)C2CCl)n1. The Morgan fingerprint density at radius 2 is 2.33 bits per heavy atom. The highest BCUT2D eigenvalue weighted by molar-refractivity contribution is 6.18. The van der Waals surface area contributed by atoms with Gasteiger partial charge < -0.3 is 4.90 Å². The number of aromatic nitrogens is 1. The van der Waals surface area contributed by atoms with Crippen molar-refractivity contribution in [2.75, 3.05) is 17.3 Å². The normalized spacial score (nSPS) is 25.9. The van der Waals surface area contributed by atoms with E-state index in [1.807, 2.05) is 13.0 Å². The summed E-state index contributed by atoms with van der Waals surface area (Å²) in [5.41, 5.74) is 1.07. The molecule has 1 aromatic heterocycles. The van der Waals surface area contributed by atoms with E-state index in [4.69, 9.17) is 11.6 Å². The molecule has 2 unspecified atom stereocenters. The number of halogens is 1. The largest absolute Gasteiger partial charge is 0.352 e. The van der Waals surface area contributed by atoms with E-state index in [2.05, 4.69) is 28.9 Å². The van der Waals surface area contributed by atoms with Gasteiger partial charge in [-0.1, -0.05) is 13.0 Å². The topological polar surface area (TPSA) is 16.1 Å². The van der Waals surface area contributed by atoms with Crippen molar-refractivity contribution in [3.05, 3.63) is 23.9 Å². The van der Waals surface area contributed by atoms with E-state index in [0.29, 0.717) is 17.8 Å². The van der Waals surface area contributed by atoms with Crippen LogP contribution in [-0.4, -0.2) is 23.5 Å². The van der Waals surface area contributed by atoms with Crippen LogP contribution >= 0.6 is 11.6 Å². The second-order valence-corrected chi connectivity index (χ2v) is 4.63. The minimum absolute atomic E-state index is 0.445. The van der Waals surface area contributed by atoms with Crippen molar-refractivity contribution < 1.29 is 0 Å². The molecule has 0 N–H and O–H groups in total. The zero-order valence-corrected chi connectivity index (χ0v) is 10.0. The van der Waals surface area contributed by atoms with Gasteiger partial charge in [-0.3, -0.25) is 0 Å². The summed E-state index contributed by atoms with van der Waals surface area (Å²) < 4.78 is 0. The molecule has 1 aliphatic heterocycles. The predicted molar refractivity (Wildman–Crippen MR) is 64.6 cm³/mol. The fraction of sp³-hybridized carbons (Fsp3) is 0.583. The number of alkyl halides is 1. The molecule has 82 valence electrons. The van der Waals surface area contributed by atoms with Gasteiger partial charge in [-0.15, -0.1) is 11.6 Å². The molecule has 0 aliphatic carbocycles. The van der Waals surface area contributed by atoms with Gasteiger partial charge in [-0.2, -0.15) is 0 Å². The van der Waals surface area contributed by atoms with Gasteiger partial charge in [0.05, 0.1) is 0 Å². The number of nitrogens with zero attached hydrogens (tertiary/aromatic N) is 2. The van der Waals surface area contributed by atoms with Crippen LogP contribution in [0.25, 0.3) is 0 Å². The van der Waals surface area contributed by atoms with Crippen LogP contribution in [0, 0.1) is 12.8 Å². The average molecular weight is 225 g/mol. The molecule has 2 nitrogen and oxygen atoms in total. The van der Waals surface area contributed by atoms with Gasteiger partial charge in [0.15, 0.2) is 0 Å². The molecule has 1 aromatic rings. The molecule has 3 heteroatoms. The molecule has 1 saturated heterocycles. The standard InChI is InChI=1S/C12H17ClN2/c1-9-6-7-15(11(9)8-13)12-5-3-4-10(2)14-12/h3-5,9,11H,6-8H2,1-2H3. The lowest BCUT2D eigenvalue weighted by Gasteiger charge is -2.26. The van der Waals surface area contributed by atoms with Crippen molar-refractivity contribution in [3.8, 4) is 0 Å². The molecule has 0 amide bonds. The molecule has 0 spiro atoms. The lowest BCUT2D eigenvalue weighted by Crippen LogP contribution is -2.34. The third-order valence-electron chi connectivity index (χ3n) is 3.21. The van der Waals surface area contributed by atoms with Crippen molar-refractivity contribution in [1.29, 1.82) is 0 Å². The Labute approximate surface area is 96.3 Å². The van der Waals surface area contributed by atoms with E-state index in [0.717, 1.165) is 18.1 Å². The van der Waals surface area contributed by atoms with Gasteiger partial charge in [0.25, 0.3) is 0 Å². The van der Waals surface area contributed by atoms with E-state index in [-0.39, 0.29) is 0 Å². The Kier molecular flexibility index (Phi) is 3.15. The van der Waals surface area contributed by atoms with Crippen molar-refractivity contribution in [2.24, 2.45) is 5.92 Å². The first-order valence-electron chi connectivity index (χ1n) is 5.48. The zero-order valence-electron chi connectivity index (χ0n) is 9.28. The molecule has 2 heterocycles. The third-order valence-corrected chi connectivity index (χ3v) is 3.52. The van der Waals surface area contributed by atoms with E-state index >= 15 is 0 Å². The van der Waals surface area contributed by atoms with Gasteiger partial charge in [0.1, 0.15) is 5.82 Å². The monoisotopic (exact) mass is 224 g/mol. The van der Waals surface area contributed by atoms with Gasteiger partial charge >= 0.3 is 0 Å². The quantitative estimate of drug-likeness (QED) is 0.719. The molecule has 0 saturated carbocycles. The molecular formula is C12H17ClN2. The third kappa shape index (κ3) is 2.10. The van der Waals surface area contributed by atoms with Crippen molar-refractivity contribution >= 4 is 17.4 Å². The number of aryl methyl sites for hydroxylation is 1. The van der Waals surface area contributed by atoms with Crippen LogP contribution in [0.3, 0.4) is 0 Å². The van der Waals surface area contributed by atoms with Crippen LogP contribution in [0.1, 0.15) is 19.0 Å². The number of pyridine rings is 1. The fourth-order valence-electron chi connectivity index (χ4n) is 2.22.